The number of hydrogen-bond donors (Lipinski definition) is 2. The van der Waals surface area contributed by atoms with E-state index < -0.39 is 5.41 Å². The summed E-state index contributed by atoms with van der Waals surface area (Å²) < 4.78 is 0. The van der Waals surface area contributed by atoms with Gasteiger partial charge in [-0.2, -0.15) is 0 Å². The first-order valence-electron chi connectivity index (χ1n) is 9.52. The summed E-state index contributed by atoms with van der Waals surface area (Å²) in [6, 6.07) is 10.2. The predicted molar refractivity (Wildman–Crippen MR) is 102 cm³/mol. The smallest absolute Gasteiger partial charge is 0.231 e. The summed E-state index contributed by atoms with van der Waals surface area (Å²) in [6.07, 6.45) is 7.36. The Bertz CT molecular complexity index is 894. The highest BCUT2D eigenvalue weighted by atomic mass is 16.2. The number of aromatic amines is 1. The van der Waals surface area contributed by atoms with Crippen molar-refractivity contribution in [3.63, 3.8) is 0 Å². The third-order valence-corrected chi connectivity index (χ3v) is 6.64. The Labute approximate surface area is 154 Å². The highest BCUT2D eigenvalue weighted by molar-refractivity contribution is 5.93. The van der Waals surface area contributed by atoms with Crippen molar-refractivity contribution in [1.82, 2.24) is 10.3 Å². The Hall–Kier alpha value is -2.36. The van der Waals surface area contributed by atoms with Crippen molar-refractivity contribution in [3.05, 3.63) is 69.1 Å². The first-order valence-corrected chi connectivity index (χ1v) is 9.52. The molecule has 4 heteroatoms. The number of pyridine rings is 1. The molecule has 2 aliphatic carbocycles. The van der Waals surface area contributed by atoms with Crippen LogP contribution in [0.5, 0.6) is 0 Å². The minimum absolute atomic E-state index is 0.0458. The SMILES string of the molecule is Cc1c[nH]c(CNC(=O)C2(c3ccccc3)CC23CCCC3)c(C)c1=O. The minimum Gasteiger partial charge on any atom is -0.363 e. The van der Waals surface area contributed by atoms with Crippen molar-refractivity contribution in [2.75, 3.05) is 0 Å². The summed E-state index contributed by atoms with van der Waals surface area (Å²) >= 11 is 0. The second-order valence-corrected chi connectivity index (χ2v) is 8.02. The molecule has 0 bridgehead atoms. The van der Waals surface area contributed by atoms with Crippen LogP contribution in [0.2, 0.25) is 0 Å². The second kappa shape index (κ2) is 6.11. The van der Waals surface area contributed by atoms with Crippen molar-refractivity contribution >= 4 is 5.91 Å². The summed E-state index contributed by atoms with van der Waals surface area (Å²) in [7, 11) is 0. The molecule has 0 saturated heterocycles. The molecule has 2 aliphatic rings. The Morgan fingerprint density at radius 1 is 1.15 bits per heavy atom. The lowest BCUT2D eigenvalue weighted by Crippen LogP contribution is -2.38. The van der Waals surface area contributed by atoms with E-state index in [0.29, 0.717) is 17.7 Å². The van der Waals surface area contributed by atoms with Crippen molar-refractivity contribution in [2.24, 2.45) is 5.41 Å². The molecule has 1 unspecified atom stereocenters. The molecule has 1 aromatic heterocycles. The number of aromatic nitrogens is 1. The lowest BCUT2D eigenvalue weighted by atomic mass is 9.84. The normalized spacial score (nSPS) is 23.2. The van der Waals surface area contributed by atoms with Crippen molar-refractivity contribution in [2.45, 2.75) is 57.9 Å². The fourth-order valence-corrected chi connectivity index (χ4v) is 5.01. The zero-order valence-electron chi connectivity index (χ0n) is 15.5. The van der Waals surface area contributed by atoms with Crippen molar-refractivity contribution in [1.29, 1.82) is 0 Å². The number of carbonyl (C=O) groups is 1. The Morgan fingerprint density at radius 3 is 2.54 bits per heavy atom. The van der Waals surface area contributed by atoms with Crippen LogP contribution in [-0.4, -0.2) is 10.9 Å². The van der Waals surface area contributed by atoms with Gasteiger partial charge in [0.15, 0.2) is 5.43 Å². The van der Waals surface area contributed by atoms with E-state index in [4.69, 9.17) is 0 Å². The summed E-state index contributed by atoms with van der Waals surface area (Å²) in [5, 5.41) is 3.13. The molecule has 1 atom stereocenters. The largest absolute Gasteiger partial charge is 0.363 e. The van der Waals surface area contributed by atoms with Gasteiger partial charge in [-0.05, 0) is 44.1 Å². The molecular formula is C22H26N2O2. The maximum absolute atomic E-state index is 13.3. The quantitative estimate of drug-likeness (QED) is 0.886. The van der Waals surface area contributed by atoms with Crippen LogP contribution in [-0.2, 0) is 16.8 Å². The van der Waals surface area contributed by atoms with Crippen LogP contribution in [0.25, 0.3) is 0 Å². The monoisotopic (exact) mass is 350 g/mol. The number of aryl methyl sites for hydroxylation is 1. The van der Waals surface area contributed by atoms with Gasteiger partial charge in [-0.1, -0.05) is 43.2 Å². The van der Waals surface area contributed by atoms with Gasteiger partial charge in [0.05, 0.1) is 12.0 Å². The fraction of sp³-hybridized carbons (Fsp3) is 0.455. The van der Waals surface area contributed by atoms with Crippen LogP contribution < -0.4 is 10.7 Å². The maximum atomic E-state index is 13.3. The molecule has 1 amide bonds. The zero-order chi connectivity index (χ0) is 18.4. The topological polar surface area (TPSA) is 62.0 Å². The van der Waals surface area contributed by atoms with Crippen LogP contribution in [0.15, 0.2) is 41.3 Å². The van der Waals surface area contributed by atoms with Gasteiger partial charge in [-0.25, -0.2) is 0 Å². The van der Waals surface area contributed by atoms with Crippen LogP contribution >= 0.6 is 0 Å². The van der Waals surface area contributed by atoms with E-state index in [-0.39, 0.29) is 16.8 Å². The fourth-order valence-electron chi connectivity index (χ4n) is 5.01. The number of benzene rings is 1. The van der Waals surface area contributed by atoms with Gasteiger partial charge in [0.1, 0.15) is 0 Å². The third kappa shape index (κ3) is 2.43. The first kappa shape index (κ1) is 17.1. The lowest BCUT2D eigenvalue weighted by Gasteiger charge is -2.23. The van der Waals surface area contributed by atoms with Gasteiger partial charge in [0, 0.05) is 23.0 Å². The highest BCUT2D eigenvalue weighted by Gasteiger charge is 2.72. The summed E-state index contributed by atoms with van der Waals surface area (Å²) in [4.78, 5) is 28.6. The highest BCUT2D eigenvalue weighted by Crippen LogP contribution is 2.72. The molecule has 2 aromatic rings. The molecule has 1 spiro atoms. The molecular weight excluding hydrogens is 324 g/mol. The predicted octanol–water partition coefficient (Wildman–Crippen LogP) is 3.51. The van der Waals surface area contributed by atoms with E-state index >= 15 is 0 Å². The number of nitrogens with one attached hydrogen (secondary N) is 2. The average molecular weight is 350 g/mol. The minimum atomic E-state index is -0.399. The standard InChI is InChI=1S/C22H26N2O2/c1-15-12-23-18(16(2)19(15)25)13-24-20(26)22(17-8-4-3-5-9-17)14-21(22)10-6-7-11-21/h3-5,8-9,12H,6-7,10-11,13-14H2,1-2H3,(H,23,25)(H,24,26). The molecule has 1 aromatic carbocycles. The van der Waals surface area contributed by atoms with E-state index in [1.807, 2.05) is 25.1 Å². The summed E-state index contributed by atoms with van der Waals surface area (Å²) in [5.74, 6) is 0.103. The molecule has 4 rings (SSSR count). The molecule has 1 heterocycles. The third-order valence-electron chi connectivity index (χ3n) is 6.64. The lowest BCUT2D eigenvalue weighted by molar-refractivity contribution is -0.124. The molecule has 2 fully saturated rings. The van der Waals surface area contributed by atoms with Gasteiger partial charge in [0.2, 0.25) is 5.91 Å². The molecule has 4 nitrogen and oxygen atoms in total. The number of hydrogen-bond acceptors (Lipinski definition) is 2. The maximum Gasteiger partial charge on any atom is 0.231 e. The van der Waals surface area contributed by atoms with Crippen LogP contribution in [0.3, 0.4) is 0 Å². The van der Waals surface area contributed by atoms with Crippen molar-refractivity contribution < 1.29 is 4.79 Å². The summed E-state index contributed by atoms with van der Waals surface area (Å²) in [6.45, 7) is 3.98. The van der Waals surface area contributed by atoms with E-state index in [0.717, 1.165) is 30.5 Å². The van der Waals surface area contributed by atoms with Gasteiger partial charge < -0.3 is 10.3 Å². The Kier molecular flexibility index (Phi) is 4.02. The zero-order valence-corrected chi connectivity index (χ0v) is 15.5. The van der Waals surface area contributed by atoms with E-state index in [9.17, 15) is 9.59 Å². The Morgan fingerprint density at radius 2 is 1.85 bits per heavy atom. The Balaban J connectivity index is 1.60. The van der Waals surface area contributed by atoms with E-state index in [1.54, 1.807) is 13.1 Å². The molecule has 0 radical (unpaired) electrons. The number of amides is 1. The molecule has 2 N–H and O–H groups in total. The first-order chi connectivity index (χ1) is 12.5. The molecule has 26 heavy (non-hydrogen) atoms. The van der Waals surface area contributed by atoms with Crippen LogP contribution in [0, 0.1) is 19.3 Å². The summed E-state index contributed by atoms with van der Waals surface area (Å²) in [5.41, 5.74) is 3.09. The van der Waals surface area contributed by atoms with Crippen LogP contribution in [0.4, 0.5) is 0 Å². The van der Waals surface area contributed by atoms with Gasteiger partial charge in [-0.3, -0.25) is 9.59 Å². The van der Waals surface area contributed by atoms with E-state index in [1.165, 1.54) is 12.8 Å². The molecule has 136 valence electrons. The van der Waals surface area contributed by atoms with Gasteiger partial charge >= 0.3 is 0 Å². The second-order valence-electron chi connectivity index (χ2n) is 8.02. The van der Waals surface area contributed by atoms with Gasteiger partial charge in [-0.15, -0.1) is 0 Å². The molecule has 2 saturated carbocycles. The van der Waals surface area contributed by atoms with Gasteiger partial charge in [0.25, 0.3) is 0 Å². The van der Waals surface area contributed by atoms with Crippen LogP contribution in [0.1, 0.15) is 54.5 Å². The average Bonchev–Trinajstić information content (AvgIpc) is 3.07. The molecule has 0 aliphatic heterocycles. The number of rotatable bonds is 4. The van der Waals surface area contributed by atoms with Crippen molar-refractivity contribution in [3.8, 4) is 0 Å². The number of carbonyl (C=O) groups excluding carboxylic acids is 1. The number of H-pyrrole nitrogens is 1. The van der Waals surface area contributed by atoms with E-state index in [2.05, 4.69) is 22.4 Å².